The van der Waals surface area contributed by atoms with E-state index in [0.717, 1.165) is 17.4 Å². The summed E-state index contributed by atoms with van der Waals surface area (Å²) in [5.41, 5.74) is -0.823. The molecule has 2 atom stereocenters. The number of nitrogens with one attached hydrogen (secondary N) is 1. The van der Waals surface area contributed by atoms with Gasteiger partial charge in [-0.25, -0.2) is 4.79 Å². The number of nitrogens with zero attached hydrogens (tertiary/aromatic N) is 3. The number of halogens is 1. The molecule has 3 rings (SSSR count). The van der Waals surface area contributed by atoms with Gasteiger partial charge in [-0.05, 0) is 25.7 Å². The molecule has 1 aromatic rings. The van der Waals surface area contributed by atoms with E-state index in [1.165, 1.54) is 36.7 Å². The second kappa shape index (κ2) is 6.88. The molecule has 2 fully saturated rings. The van der Waals surface area contributed by atoms with Crippen LogP contribution in [0.5, 0.6) is 0 Å². The van der Waals surface area contributed by atoms with Crippen molar-refractivity contribution in [2.75, 3.05) is 7.05 Å². The molecule has 1 N–H and O–H groups in total. The van der Waals surface area contributed by atoms with Crippen molar-refractivity contribution in [2.45, 2.75) is 50.4 Å². The Morgan fingerprint density at radius 2 is 1.91 bits per heavy atom. The third-order valence-electron chi connectivity index (χ3n) is 4.96. The van der Waals surface area contributed by atoms with E-state index in [0.29, 0.717) is 12.1 Å². The Morgan fingerprint density at radius 3 is 2.52 bits per heavy atom. The van der Waals surface area contributed by atoms with E-state index < -0.39 is 5.69 Å². The lowest BCUT2D eigenvalue weighted by molar-refractivity contribution is -0.133. The summed E-state index contributed by atoms with van der Waals surface area (Å²) in [7, 11) is 3.23. The molecule has 0 radical (unpaired) electrons. The molecular weight excluding hydrogens is 320 g/mol. The van der Waals surface area contributed by atoms with E-state index in [4.69, 9.17) is 0 Å². The molecular formula is C15H23ClN4O3. The van der Waals surface area contributed by atoms with E-state index in [-0.39, 0.29) is 36.5 Å². The summed E-state index contributed by atoms with van der Waals surface area (Å²) in [6.07, 6.45) is 5.71. The molecule has 8 heteroatoms. The van der Waals surface area contributed by atoms with Gasteiger partial charge in [0.25, 0.3) is 5.56 Å². The zero-order chi connectivity index (χ0) is 15.9. The molecule has 3 heterocycles. The van der Waals surface area contributed by atoms with Crippen molar-refractivity contribution < 1.29 is 4.79 Å². The molecule has 2 aliphatic rings. The van der Waals surface area contributed by atoms with Crippen molar-refractivity contribution in [2.24, 2.45) is 7.05 Å². The van der Waals surface area contributed by atoms with Gasteiger partial charge in [0, 0.05) is 44.5 Å². The maximum atomic E-state index is 12.5. The van der Waals surface area contributed by atoms with E-state index >= 15 is 0 Å². The van der Waals surface area contributed by atoms with Crippen molar-refractivity contribution in [3.63, 3.8) is 0 Å². The van der Waals surface area contributed by atoms with Crippen LogP contribution in [0, 0.1) is 0 Å². The summed E-state index contributed by atoms with van der Waals surface area (Å²) in [4.78, 5) is 37.6. The number of rotatable bonds is 3. The first-order chi connectivity index (χ1) is 10.5. The van der Waals surface area contributed by atoms with Crippen molar-refractivity contribution in [3.05, 3.63) is 33.1 Å². The predicted octanol–water partition coefficient (Wildman–Crippen LogP) is -0.290. The maximum absolute atomic E-state index is 12.5. The molecule has 7 nitrogen and oxygen atoms in total. The number of carbonyl (C=O) groups is 1. The van der Waals surface area contributed by atoms with Gasteiger partial charge in [0.2, 0.25) is 5.91 Å². The highest BCUT2D eigenvalue weighted by atomic mass is 35.5. The molecule has 2 bridgehead atoms. The topological polar surface area (TPSA) is 76.3 Å². The van der Waals surface area contributed by atoms with Crippen LogP contribution in [0.15, 0.2) is 21.9 Å². The summed E-state index contributed by atoms with van der Waals surface area (Å²) >= 11 is 0. The first-order valence-corrected chi connectivity index (χ1v) is 7.74. The minimum Gasteiger partial charge on any atom is -0.341 e. The second-order valence-corrected chi connectivity index (χ2v) is 6.39. The quantitative estimate of drug-likeness (QED) is 0.819. The van der Waals surface area contributed by atoms with Crippen LogP contribution in [-0.2, 0) is 18.4 Å². The Labute approximate surface area is 140 Å². The average Bonchev–Trinajstić information content (AvgIpc) is 2.85. The van der Waals surface area contributed by atoms with Gasteiger partial charge < -0.3 is 10.2 Å². The zero-order valence-corrected chi connectivity index (χ0v) is 14.2. The number of carbonyl (C=O) groups excluding carboxylic acids is 1. The number of amides is 1. The number of piperidine rings is 1. The Bertz CT molecular complexity index is 687. The standard InChI is InChI=1S/C15H22N4O3.ClH/c1-17(12-7-10-3-4-11(8-12)16-10)14(21)9-19-6-5-13(20)18(2)15(19)22;/h5-6,10-12,16H,3-4,7-9H2,1-2H3;1H. The van der Waals surface area contributed by atoms with Gasteiger partial charge in [0.05, 0.1) is 0 Å². The summed E-state index contributed by atoms with van der Waals surface area (Å²) in [6, 6.07) is 2.56. The van der Waals surface area contributed by atoms with Crippen molar-refractivity contribution in [3.8, 4) is 0 Å². The molecule has 0 saturated carbocycles. The largest absolute Gasteiger partial charge is 0.341 e. The SMILES string of the molecule is CN(C(=O)Cn1ccc(=O)n(C)c1=O)C1CC2CCC(C1)N2.Cl. The van der Waals surface area contributed by atoms with Crippen LogP contribution in [-0.4, -0.2) is 45.1 Å². The molecule has 0 aromatic carbocycles. The molecule has 2 saturated heterocycles. The number of hydrogen-bond acceptors (Lipinski definition) is 4. The van der Waals surface area contributed by atoms with E-state index in [1.807, 2.05) is 7.05 Å². The van der Waals surface area contributed by atoms with Crippen molar-refractivity contribution in [1.82, 2.24) is 19.4 Å². The molecule has 128 valence electrons. The average molecular weight is 343 g/mol. The number of hydrogen-bond donors (Lipinski definition) is 1. The minimum atomic E-state index is -0.459. The molecule has 2 unspecified atom stereocenters. The van der Waals surface area contributed by atoms with Crippen molar-refractivity contribution >= 4 is 18.3 Å². The van der Waals surface area contributed by atoms with Crippen LogP contribution in [0.4, 0.5) is 0 Å². The third-order valence-corrected chi connectivity index (χ3v) is 4.96. The first kappa shape index (κ1) is 17.7. The number of aromatic nitrogens is 2. The van der Waals surface area contributed by atoms with Gasteiger partial charge >= 0.3 is 5.69 Å². The zero-order valence-electron chi connectivity index (χ0n) is 13.4. The monoisotopic (exact) mass is 342 g/mol. The fourth-order valence-electron chi connectivity index (χ4n) is 3.54. The van der Waals surface area contributed by atoms with Crippen molar-refractivity contribution in [1.29, 1.82) is 0 Å². The van der Waals surface area contributed by atoms with Crippen LogP contribution in [0.1, 0.15) is 25.7 Å². The molecule has 0 spiro atoms. The molecule has 2 aliphatic heterocycles. The lowest BCUT2D eigenvalue weighted by atomic mass is 9.98. The van der Waals surface area contributed by atoms with Gasteiger partial charge in [-0.3, -0.25) is 18.7 Å². The Morgan fingerprint density at radius 1 is 1.30 bits per heavy atom. The smallest absolute Gasteiger partial charge is 0.331 e. The van der Waals surface area contributed by atoms with E-state index in [9.17, 15) is 14.4 Å². The summed E-state index contributed by atoms with van der Waals surface area (Å²) < 4.78 is 2.30. The second-order valence-electron chi connectivity index (χ2n) is 6.39. The summed E-state index contributed by atoms with van der Waals surface area (Å²) in [5, 5.41) is 3.56. The van der Waals surface area contributed by atoms with E-state index in [1.54, 1.807) is 4.90 Å². The predicted molar refractivity (Wildman–Crippen MR) is 88.9 cm³/mol. The normalized spacial score (nSPS) is 25.7. The highest BCUT2D eigenvalue weighted by Crippen LogP contribution is 2.29. The molecule has 23 heavy (non-hydrogen) atoms. The highest BCUT2D eigenvalue weighted by molar-refractivity contribution is 5.85. The third kappa shape index (κ3) is 3.50. The number of likely N-dealkylation sites (N-methyl/N-ethyl adjacent to an activating group) is 1. The number of fused-ring (bicyclic) bond motifs is 2. The minimum absolute atomic E-state index is 0. The van der Waals surface area contributed by atoms with Crippen LogP contribution >= 0.6 is 12.4 Å². The van der Waals surface area contributed by atoms with Gasteiger partial charge in [-0.2, -0.15) is 0 Å². The van der Waals surface area contributed by atoms with Crippen LogP contribution in [0.25, 0.3) is 0 Å². The fourth-order valence-corrected chi connectivity index (χ4v) is 3.54. The van der Waals surface area contributed by atoms with Crippen LogP contribution in [0.3, 0.4) is 0 Å². The van der Waals surface area contributed by atoms with E-state index in [2.05, 4.69) is 5.32 Å². The summed E-state index contributed by atoms with van der Waals surface area (Å²) in [5.74, 6) is -0.0907. The van der Waals surface area contributed by atoms with Gasteiger partial charge in [0.15, 0.2) is 0 Å². The Balaban J connectivity index is 0.00000192. The fraction of sp³-hybridized carbons (Fsp3) is 0.667. The maximum Gasteiger partial charge on any atom is 0.331 e. The van der Waals surface area contributed by atoms with Crippen LogP contribution < -0.4 is 16.6 Å². The van der Waals surface area contributed by atoms with Gasteiger partial charge in [0.1, 0.15) is 6.54 Å². The molecule has 1 amide bonds. The Hall–Kier alpha value is -1.60. The van der Waals surface area contributed by atoms with Gasteiger partial charge in [-0.1, -0.05) is 0 Å². The summed E-state index contributed by atoms with van der Waals surface area (Å²) in [6.45, 7) is -0.0251. The van der Waals surface area contributed by atoms with Gasteiger partial charge in [-0.15, -0.1) is 12.4 Å². The highest BCUT2D eigenvalue weighted by Gasteiger charge is 2.36. The molecule has 0 aliphatic carbocycles. The lowest BCUT2D eigenvalue weighted by Gasteiger charge is -2.35. The lowest BCUT2D eigenvalue weighted by Crippen LogP contribution is -2.50. The first-order valence-electron chi connectivity index (χ1n) is 7.74. The van der Waals surface area contributed by atoms with Crippen LogP contribution in [0.2, 0.25) is 0 Å². The Kier molecular flexibility index (Phi) is 5.31. The molecule has 1 aromatic heterocycles.